The number of rotatable bonds is 6. The van der Waals surface area contributed by atoms with Crippen LogP contribution in [0, 0.1) is 5.92 Å². The molecule has 1 unspecified atom stereocenters. The van der Waals surface area contributed by atoms with Crippen molar-refractivity contribution in [2.45, 2.75) is 12.8 Å². The molecule has 3 rings (SSSR count). The summed E-state index contributed by atoms with van der Waals surface area (Å²) >= 11 is 6.09. The quantitative estimate of drug-likeness (QED) is 0.738. The molecule has 30 heavy (non-hydrogen) atoms. The van der Waals surface area contributed by atoms with Crippen LogP contribution in [0.2, 0.25) is 5.02 Å². The Morgan fingerprint density at radius 2 is 2.00 bits per heavy atom. The Bertz CT molecular complexity index is 920. The zero-order chi connectivity index (χ0) is 21.5. The molecule has 2 aromatic rings. The number of amides is 4. The lowest BCUT2D eigenvalue weighted by molar-refractivity contribution is -0.133. The van der Waals surface area contributed by atoms with Gasteiger partial charge in [0.05, 0.1) is 13.0 Å². The lowest BCUT2D eigenvalue weighted by Gasteiger charge is -2.22. The van der Waals surface area contributed by atoms with E-state index in [1.807, 2.05) is 30.3 Å². The maximum Gasteiger partial charge on any atom is 0.324 e. The number of urea groups is 1. The van der Waals surface area contributed by atoms with Gasteiger partial charge in [-0.15, -0.1) is 0 Å². The summed E-state index contributed by atoms with van der Waals surface area (Å²) in [6.45, 7) is 0.196. The SMILES string of the molecule is COc1ccc(Cl)cc1CC1CNC(=O)CN(C(=O)NCCc2ccccc2)C1=O. The molecule has 1 aliphatic rings. The van der Waals surface area contributed by atoms with E-state index in [0.717, 1.165) is 16.0 Å². The number of halogens is 1. The fraction of sp³-hybridized carbons (Fsp3) is 0.318. The van der Waals surface area contributed by atoms with Crippen molar-refractivity contribution in [3.05, 3.63) is 64.7 Å². The van der Waals surface area contributed by atoms with Gasteiger partial charge in [0, 0.05) is 18.1 Å². The van der Waals surface area contributed by atoms with Gasteiger partial charge in [0.25, 0.3) is 0 Å². The largest absolute Gasteiger partial charge is 0.496 e. The number of nitrogens with one attached hydrogen (secondary N) is 2. The molecule has 1 heterocycles. The molecule has 1 saturated heterocycles. The third-order valence-corrected chi connectivity index (χ3v) is 5.18. The van der Waals surface area contributed by atoms with Crippen LogP contribution in [0.25, 0.3) is 0 Å². The summed E-state index contributed by atoms with van der Waals surface area (Å²) in [7, 11) is 1.54. The number of benzene rings is 2. The summed E-state index contributed by atoms with van der Waals surface area (Å²) in [6.07, 6.45) is 0.917. The molecule has 0 spiro atoms. The predicted molar refractivity (Wildman–Crippen MR) is 113 cm³/mol. The Labute approximate surface area is 180 Å². The number of hydrogen-bond acceptors (Lipinski definition) is 4. The minimum atomic E-state index is -0.608. The Hall–Kier alpha value is -3.06. The molecule has 2 aromatic carbocycles. The van der Waals surface area contributed by atoms with Gasteiger partial charge in [0.1, 0.15) is 12.3 Å². The molecule has 2 N–H and O–H groups in total. The van der Waals surface area contributed by atoms with E-state index in [9.17, 15) is 14.4 Å². The topological polar surface area (TPSA) is 87.7 Å². The van der Waals surface area contributed by atoms with Gasteiger partial charge in [0.15, 0.2) is 0 Å². The van der Waals surface area contributed by atoms with Crippen LogP contribution in [0.1, 0.15) is 11.1 Å². The van der Waals surface area contributed by atoms with Crippen molar-refractivity contribution in [3.63, 3.8) is 0 Å². The van der Waals surface area contributed by atoms with Crippen LogP contribution in [-0.4, -0.2) is 49.5 Å². The summed E-state index contributed by atoms with van der Waals surface area (Å²) in [5.41, 5.74) is 1.81. The highest BCUT2D eigenvalue weighted by atomic mass is 35.5. The minimum absolute atomic E-state index is 0.140. The van der Waals surface area contributed by atoms with Gasteiger partial charge in [-0.1, -0.05) is 41.9 Å². The minimum Gasteiger partial charge on any atom is -0.496 e. The highest BCUT2D eigenvalue weighted by molar-refractivity contribution is 6.30. The van der Waals surface area contributed by atoms with E-state index in [1.54, 1.807) is 18.2 Å². The molecule has 0 aliphatic carbocycles. The third-order valence-electron chi connectivity index (χ3n) is 4.95. The van der Waals surface area contributed by atoms with Gasteiger partial charge >= 0.3 is 6.03 Å². The first kappa shape index (κ1) is 21.6. The molecule has 7 nitrogen and oxygen atoms in total. The van der Waals surface area contributed by atoms with E-state index in [4.69, 9.17) is 16.3 Å². The first-order chi connectivity index (χ1) is 14.5. The molecule has 4 amide bonds. The smallest absolute Gasteiger partial charge is 0.324 e. The molecule has 1 fully saturated rings. The zero-order valence-electron chi connectivity index (χ0n) is 16.7. The molecule has 0 radical (unpaired) electrons. The normalized spacial score (nSPS) is 16.6. The Morgan fingerprint density at radius 3 is 2.73 bits per heavy atom. The molecule has 158 valence electrons. The van der Waals surface area contributed by atoms with E-state index in [1.165, 1.54) is 7.11 Å². The van der Waals surface area contributed by atoms with Crippen LogP contribution in [0.3, 0.4) is 0 Å². The average Bonchev–Trinajstić information content (AvgIpc) is 2.88. The van der Waals surface area contributed by atoms with E-state index in [-0.39, 0.29) is 25.4 Å². The van der Waals surface area contributed by atoms with Crippen molar-refractivity contribution >= 4 is 29.4 Å². The lowest BCUT2D eigenvalue weighted by atomic mass is 9.97. The number of carbonyl (C=O) groups is 3. The maximum absolute atomic E-state index is 13.1. The molecule has 1 atom stereocenters. The molecule has 0 bridgehead atoms. The van der Waals surface area contributed by atoms with Crippen molar-refractivity contribution in [1.82, 2.24) is 15.5 Å². The standard InChI is InChI=1S/C22H24ClN3O4/c1-30-19-8-7-18(23)12-16(19)11-17-13-25-20(27)14-26(21(17)28)22(29)24-10-9-15-5-3-2-4-6-15/h2-8,12,17H,9-11,13-14H2,1H3,(H,24,29)(H,25,27). The Balaban J connectivity index is 1.68. The van der Waals surface area contributed by atoms with Crippen molar-refractivity contribution in [2.75, 3.05) is 26.7 Å². The van der Waals surface area contributed by atoms with Crippen molar-refractivity contribution in [1.29, 1.82) is 0 Å². The van der Waals surface area contributed by atoms with Gasteiger partial charge in [0.2, 0.25) is 11.8 Å². The van der Waals surface area contributed by atoms with Crippen LogP contribution in [0.5, 0.6) is 5.75 Å². The Kier molecular flexibility index (Phi) is 7.30. The van der Waals surface area contributed by atoms with Gasteiger partial charge in [-0.3, -0.25) is 14.5 Å². The molecule has 0 aromatic heterocycles. The van der Waals surface area contributed by atoms with Gasteiger partial charge in [-0.2, -0.15) is 0 Å². The van der Waals surface area contributed by atoms with Crippen molar-refractivity contribution < 1.29 is 19.1 Å². The Morgan fingerprint density at radius 1 is 1.23 bits per heavy atom. The predicted octanol–water partition coefficient (Wildman–Crippen LogP) is 2.42. The summed E-state index contributed by atoms with van der Waals surface area (Å²) in [5.74, 6) is -0.792. The molecule has 1 aliphatic heterocycles. The second-order valence-corrected chi connectivity index (χ2v) is 7.49. The van der Waals surface area contributed by atoms with Gasteiger partial charge < -0.3 is 15.4 Å². The van der Waals surface area contributed by atoms with Crippen molar-refractivity contribution in [3.8, 4) is 5.75 Å². The van der Waals surface area contributed by atoms with E-state index < -0.39 is 17.9 Å². The second kappa shape index (κ2) is 10.1. The zero-order valence-corrected chi connectivity index (χ0v) is 17.4. The van der Waals surface area contributed by atoms with Crippen LogP contribution in [-0.2, 0) is 22.4 Å². The van der Waals surface area contributed by atoms with Crippen molar-refractivity contribution in [2.24, 2.45) is 5.92 Å². The van der Waals surface area contributed by atoms with Crippen LogP contribution < -0.4 is 15.4 Å². The highest BCUT2D eigenvalue weighted by Crippen LogP contribution is 2.26. The summed E-state index contributed by atoms with van der Waals surface area (Å²) in [4.78, 5) is 38.8. The highest BCUT2D eigenvalue weighted by Gasteiger charge is 2.34. The number of methoxy groups -OCH3 is 1. The number of imide groups is 1. The lowest BCUT2D eigenvalue weighted by Crippen LogP contribution is -2.48. The fourth-order valence-corrected chi connectivity index (χ4v) is 3.57. The number of carbonyl (C=O) groups excluding carboxylic acids is 3. The third kappa shape index (κ3) is 5.51. The van der Waals surface area contributed by atoms with Crippen LogP contribution >= 0.6 is 11.6 Å². The first-order valence-electron chi connectivity index (χ1n) is 9.70. The number of ether oxygens (including phenoxy) is 1. The average molecular weight is 430 g/mol. The molecular weight excluding hydrogens is 406 g/mol. The second-order valence-electron chi connectivity index (χ2n) is 7.05. The van der Waals surface area contributed by atoms with Gasteiger partial charge in [-0.05, 0) is 42.2 Å². The van der Waals surface area contributed by atoms with E-state index in [2.05, 4.69) is 10.6 Å². The van der Waals surface area contributed by atoms with Gasteiger partial charge in [-0.25, -0.2) is 4.79 Å². The summed E-state index contributed by atoms with van der Waals surface area (Å²) < 4.78 is 5.35. The summed E-state index contributed by atoms with van der Waals surface area (Å²) in [6, 6.07) is 14.3. The van der Waals surface area contributed by atoms with E-state index >= 15 is 0 Å². The maximum atomic E-state index is 13.1. The summed E-state index contributed by atoms with van der Waals surface area (Å²) in [5, 5.41) is 5.96. The fourth-order valence-electron chi connectivity index (χ4n) is 3.38. The molecule has 0 saturated carbocycles. The van der Waals surface area contributed by atoms with Crippen LogP contribution in [0.15, 0.2) is 48.5 Å². The molecular formula is C22H24ClN3O4. The first-order valence-corrected chi connectivity index (χ1v) is 10.1. The number of nitrogens with zero attached hydrogens (tertiary/aromatic N) is 1. The van der Waals surface area contributed by atoms with E-state index in [0.29, 0.717) is 23.7 Å². The monoisotopic (exact) mass is 429 g/mol. The molecule has 8 heteroatoms. The van der Waals surface area contributed by atoms with Crippen LogP contribution in [0.4, 0.5) is 4.79 Å². The number of hydrogen-bond donors (Lipinski definition) is 2.